The third-order valence-corrected chi connectivity index (χ3v) is 2.93. The minimum Gasteiger partial charge on any atom is -0.396 e. The summed E-state index contributed by atoms with van der Waals surface area (Å²) >= 11 is 5.73. The number of aromatic nitrogens is 1. The predicted molar refractivity (Wildman–Crippen MR) is 66.6 cm³/mol. The van der Waals surface area contributed by atoms with Crippen LogP contribution in [0.1, 0.15) is 38.3 Å². The third-order valence-electron chi connectivity index (χ3n) is 2.71. The van der Waals surface area contributed by atoms with Gasteiger partial charge in [0.15, 0.2) is 0 Å². The molecular weight excluding hydrogens is 224 g/mol. The third kappa shape index (κ3) is 4.08. The normalized spacial score (nSPS) is 14.8. The van der Waals surface area contributed by atoms with E-state index in [2.05, 4.69) is 24.1 Å². The fourth-order valence-electron chi connectivity index (χ4n) is 1.65. The molecule has 0 saturated heterocycles. The van der Waals surface area contributed by atoms with Gasteiger partial charge in [0.25, 0.3) is 0 Å². The molecule has 0 aromatic carbocycles. The minimum absolute atomic E-state index is 0.219. The summed E-state index contributed by atoms with van der Waals surface area (Å²) < 4.78 is 0. The van der Waals surface area contributed by atoms with Gasteiger partial charge in [0.1, 0.15) is 5.15 Å². The average Bonchev–Trinajstić information content (AvgIpc) is 2.29. The zero-order valence-electron chi connectivity index (χ0n) is 9.78. The number of hydrogen-bond acceptors (Lipinski definition) is 3. The number of halogens is 1. The molecule has 0 aliphatic rings. The van der Waals surface area contributed by atoms with Crippen LogP contribution < -0.4 is 5.32 Å². The Morgan fingerprint density at radius 1 is 1.50 bits per heavy atom. The van der Waals surface area contributed by atoms with Crippen LogP contribution in [0, 0.1) is 0 Å². The maximum absolute atomic E-state index is 8.92. The topological polar surface area (TPSA) is 45.1 Å². The number of aliphatic hydroxyl groups is 1. The van der Waals surface area contributed by atoms with Crippen LogP contribution in [-0.2, 0) is 0 Å². The molecule has 16 heavy (non-hydrogen) atoms. The molecule has 0 aliphatic heterocycles. The van der Waals surface area contributed by atoms with Gasteiger partial charge >= 0.3 is 0 Å². The molecule has 2 N–H and O–H groups in total. The molecule has 0 fully saturated rings. The molecule has 1 heterocycles. The Bertz CT molecular complexity index is 302. The standard InChI is InChI=1S/C12H19ClN2O/c1-3-11(6-7-16)15-9(2)10-4-5-12(13)14-8-10/h4-5,8-9,11,15-16H,3,6-7H2,1-2H3. The Morgan fingerprint density at radius 3 is 2.75 bits per heavy atom. The lowest BCUT2D eigenvalue weighted by Crippen LogP contribution is -2.31. The van der Waals surface area contributed by atoms with Crippen LogP contribution in [0.5, 0.6) is 0 Å². The molecule has 4 heteroatoms. The lowest BCUT2D eigenvalue weighted by atomic mass is 10.1. The highest BCUT2D eigenvalue weighted by molar-refractivity contribution is 6.29. The Morgan fingerprint density at radius 2 is 2.25 bits per heavy atom. The van der Waals surface area contributed by atoms with Crippen molar-refractivity contribution in [2.24, 2.45) is 0 Å². The van der Waals surface area contributed by atoms with Crippen LogP contribution in [0.3, 0.4) is 0 Å². The van der Waals surface area contributed by atoms with Crippen molar-refractivity contribution in [1.29, 1.82) is 0 Å². The second kappa shape index (κ2) is 6.84. The zero-order chi connectivity index (χ0) is 12.0. The van der Waals surface area contributed by atoms with Crippen molar-refractivity contribution >= 4 is 11.6 Å². The monoisotopic (exact) mass is 242 g/mol. The Hall–Kier alpha value is -0.640. The van der Waals surface area contributed by atoms with Gasteiger partial charge in [-0.15, -0.1) is 0 Å². The van der Waals surface area contributed by atoms with Crippen LogP contribution in [0.2, 0.25) is 5.15 Å². The first kappa shape index (κ1) is 13.4. The van der Waals surface area contributed by atoms with E-state index in [4.69, 9.17) is 16.7 Å². The van der Waals surface area contributed by atoms with Gasteiger partial charge in [0, 0.05) is 24.9 Å². The van der Waals surface area contributed by atoms with Gasteiger partial charge in [0.2, 0.25) is 0 Å². The molecule has 0 aliphatic carbocycles. The Labute approximate surface area is 102 Å². The van der Waals surface area contributed by atoms with Crippen LogP contribution in [0.25, 0.3) is 0 Å². The van der Waals surface area contributed by atoms with Crippen molar-refractivity contribution in [2.45, 2.75) is 38.8 Å². The largest absolute Gasteiger partial charge is 0.396 e. The Kier molecular flexibility index (Phi) is 5.74. The van der Waals surface area contributed by atoms with Gasteiger partial charge in [-0.2, -0.15) is 0 Å². The molecule has 90 valence electrons. The SMILES string of the molecule is CCC(CCO)NC(C)c1ccc(Cl)nc1. The number of nitrogens with zero attached hydrogens (tertiary/aromatic N) is 1. The molecule has 1 rings (SSSR count). The van der Waals surface area contributed by atoms with Crippen LogP contribution in [0.15, 0.2) is 18.3 Å². The highest BCUT2D eigenvalue weighted by Crippen LogP contribution is 2.15. The summed E-state index contributed by atoms with van der Waals surface area (Å²) in [6, 6.07) is 4.33. The van der Waals surface area contributed by atoms with Crippen molar-refractivity contribution < 1.29 is 5.11 Å². The summed E-state index contributed by atoms with van der Waals surface area (Å²) in [4.78, 5) is 4.06. The van der Waals surface area contributed by atoms with Crippen LogP contribution in [-0.4, -0.2) is 22.7 Å². The van der Waals surface area contributed by atoms with Gasteiger partial charge in [-0.25, -0.2) is 4.98 Å². The van der Waals surface area contributed by atoms with E-state index in [1.165, 1.54) is 0 Å². The predicted octanol–water partition coefficient (Wildman–Crippen LogP) is 2.55. The van der Waals surface area contributed by atoms with E-state index in [0.717, 1.165) is 18.4 Å². The minimum atomic E-state index is 0.219. The maximum Gasteiger partial charge on any atom is 0.129 e. The molecule has 3 nitrogen and oxygen atoms in total. The highest BCUT2D eigenvalue weighted by Gasteiger charge is 2.11. The van der Waals surface area contributed by atoms with E-state index in [9.17, 15) is 0 Å². The van der Waals surface area contributed by atoms with Gasteiger partial charge in [-0.1, -0.05) is 24.6 Å². The van der Waals surface area contributed by atoms with E-state index < -0.39 is 0 Å². The van der Waals surface area contributed by atoms with Crippen molar-refractivity contribution in [3.05, 3.63) is 29.0 Å². The molecule has 0 amide bonds. The van der Waals surface area contributed by atoms with Crippen molar-refractivity contribution in [1.82, 2.24) is 10.3 Å². The summed E-state index contributed by atoms with van der Waals surface area (Å²) in [6.45, 7) is 4.42. The van der Waals surface area contributed by atoms with E-state index in [-0.39, 0.29) is 12.6 Å². The summed E-state index contributed by atoms with van der Waals surface area (Å²) in [7, 11) is 0. The molecule has 1 aromatic heterocycles. The summed E-state index contributed by atoms with van der Waals surface area (Å²) in [5, 5.41) is 12.9. The molecule has 1 aromatic rings. The van der Waals surface area contributed by atoms with Gasteiger partial charge in [-0.3, -0.25) is 0 Å². The maximum atomic E-state index is 8.92. The molecule has 0 saturated carbocycles. The average molecular weight is 243 g/mol. The van der Waals surface area contributed by atoms with Crippen LogP contribution in [0.4, 0.5) is 0 Å². The molecule has 2 atom stereocenters. The number of rotatable bonds is 6. The first-order valence-corrected chi connectivity index (χ1v) is 6.03. The zero-order valence-corrected chi connectivity index (χ0v) is 10.5. The van der Waals surface area contributed by atoms with E-state index in [1.54, 1.807) is 12.3 Å². The molecule has 0 radical (unpaired) electrons. The van der Waals surface area contributed by atoms with E-state index >= 15 is 0 Å². The molecule has 2 unspecified atom stereocenters. The van der Waals surface area contributed by atoms with E-state index in [0.29, 0.717) is 11.2 Å². The number of aliphatic hydroxyl groups excluding tert-OH is 1. The lowest BCUT2D eigenvalue weighted by Gasteiger charge is -2.21. The van der Waals surface area contributed by atoms with Crippen molar-refractivity contribution in [3.8, 4) is 0 Å². The first-order chi connectivity index (χ1) is 7.67. The fourth-order valence-corrected chi connectivity index (χ4v) is 1.77. The summed E-state index contributed by atoms with van der Waals surface area (Å²) in [5.74, 6) is 0. The fraction of sp³-hybridized carbons (Fsp3) is 0.583. The molecule has 0 spiro atoms. The summed E-state index contributed by atoms with van der Waals surface area (Å²) in [6.07, 6.45) is 3.57. The summed E-state index contributed by atoms with van der Waals surface area (Å²) in [5.41, 5.74) is 1.11. The molecular formula is C12H19ClN2O. The molecule has 0 bridgehead atoms. The Balaban J connectivity index is 2.56. The van der Waals surface area contributed by atoms with Crippen LogP contribution >= 0.6 is 11.6 Å². The number of nitrogens with one attached hydrogen (secondary N) is 1. The van der Waals surface area contributed by atoms with Crippen molar-refractivity contribution in [3.63, 3.8) is 0 Å². The lowest BCUT2D eigenvalue weighted by molar-refractivity contribution is 0.257. The highest BCUT2D eigenvalue weighted by atomic mass is 35.5. The van der Waals surface area contributed by atoms with Gasteiger partial charge in [-0.05, 0) is 31.4 Å². The second-order valence-corrected chi connectivity index (χ2v) is 4.31. The van der Waals surface area contributed by atoms with Crippen molar-refractivity contribution in [2.75, 3.05) is 6.61 Å². The van der Waals surface area contributed by atoms with Gasteiger partial charge < -0.3 is 10.4 Å². The first-order valence-electron chi connectivity index (χ1n) is 5.65. The smallest absolute Gasteiger partial charge is 0.129 e. The quantitative estimate of drug-likeness (QED) is 0.754. The van der Waals surface area contributed by atoms with E-state index in [1.807, 2.05) is 6.07 Å². The number of pyridine rings is 1. The second-order valence-electron chi connectivity index (χ2n) is 3.92. The van der Waals surface area contributed by atoms with Gasteiger partial charge in [0.05, 0.1) is 0 Å². The number of hydrogen-bond donors (Lipinski definition) is 2.